The van der Waals surface area contributed by atoms with Crippen molar-refractivity contribution in [1.82, 2.24) is 4.98 Å². The van der Waals surface area contributed by atoms with Gasteiger partial charge in [0.15, 0.2) is 6.29 Å². The van der Waals surface area contributed by atoms with Crippen LogP contribution in [-0.4, -0.2) is 11.3 Å². The minimum Gasteiger partial charge on any atom is -0.298 e. The molecule has 1 aromatic carbocycles. The predicted octanol–water partition coefficient (Wildman–Crippen LogP) is 3.47. The number of hydrogen-bond donors (Lipinski definition) is 0. The number of nitrogens with zero attached hydrogens (tertiary/aromatic N) is 1. The van der Waals surface area contributed by atoms with E-state index in [9.17, 15) is 4.79 Å². The fourth-order valence-corrected chi connectivity index (χ4v) is 1.57. The van der Waals surface area contributed by atoms with E-state index in [0.717, 1.165) is 17.5 Å². The molecule has 0 aliphatic heterocycles. The highest BCUT2D eigenvalue weighted by Gasteiger charge is 2.00. The molecule has 0 saturated heterocycles. The molecule has 0 unspecified atom stereocenters. The summed E-state index contributed by atoms with van der Waals surface area (Å²) in [4.78, 5) is 15.2. The molecule has 2 rings (SSSR count). The summed E-state index contributed by atoms with van der Waals surface area (Å²) in [5, 5.41) is 0.650. The Kier molecular flexibility index (Phi) is 3.68. The number of aldehydes is 1. The van der Waals surface area contributed by atoms with Crippen LogP contribution in [0.3, 0.4) is 0 Å². The average Bonchev–Trinajstić information content (AvgIpc) is 2.38. The number of benzene rings is 1. The van der Waals surface area contributed by atoms with Crippen LogP contribution in [0.15, 0.2) is 48.7 Å². The van der Waals surface area contributed by atoms with E-state index in [2.05, 4.69) is 4.98 Å². The highest BCUT2D eigenvalue weighted by atomic mass is 35.5. The summed E-state index contributed by atoms with van der Waals surface area (Å²) >= 11 is 5.80. The van der Waals surface area contributed by atoms with Crippen molar-refractivity contribution in [2.24, 2.45) is 0 Å². The number of rotatable bonds is 3. The second kappa shape index (κ2) is 5.41. The average molecular weight is 244 g/mol. The van der Waals surface area contributed by atoms with E-state index >= 15 is 0 Å². The SMILES string of the molecule is O=C/C(=C\c1ccccn1)c1ccc(Cl)cc1. The van der Waals surface area contributed by atoms with Crippen molar-refractivity contribution in [3.8, 4) is 0 Å². The number of carbonyl (C=O) groups excluding carboxylic acids is 1. The van der Waals surface area contributed by atoms with E-state index in [0.29, 0.717) is 10.6 Å². The van der Waals surface area contributed by atoms with Crippen LogP contribution in [0.5, 0.6) is 0 Å². The van der Waals surface area contributed by atoms with E-state index in [4.69, 9.17) is 11.6 Å². The molecule has 2 aromatic rings. The number of allylic oxidation sites excluding steroid dienone is 1. The lowest BCUT2D eigenvalue weighted by atomic mass is 10.1. The van der Waals surface area contributed by atoms with Crippen molar-refractivity contribution in [1.29, 1.82) is 0 Å². The van der Waals surface area contributed by atoms with Gasteiger partial charge in [0.2, 0.25) is 0 Å². The minimum absolute atomic E-state index is 0.584. The van der Waals surface area contributed by atoms with E-state index in [1.165, 1.54) is 0 Å². The summed E-state index contributed by atoms with van der Waals surface area (Å²) in [7, 11) is 0. The number of pyridine rings is 1. The van der Waals surface area contributed by atoms with Crippen molar-refractivity contribution in [2.75, 3.05) is 0 Å². The van der Waals surface area contributed by atoms with Gasteiger partial charge < -0.3 is 0 Å². The van der Waals surface area contributed by atoms with Gasteiger partial charge in [-0.25, -0.2) is 0 Å². The van der Waals surface area contributed by atoms with Crippen molar-refractivity contribution < 1.29 is 4.79 Å². The van der Waals surface area contributed by atoms with Gasteiger partial charge in [0.25, 0.3) is 0 Å². The molecule has 0 bridgehead atoms. The lowest BCUT2D eigenvalue weighted by Crippen LogP contribution is -1.87. The molecule has 0 spiro atoms. The monoisotopic (exact) mass is 243 g/mol. The molecule has 0 amide bonds. The van der Waals surface area contributed by atoms with Gasteiger partial charge in [-0.3, -0.25) is 9.78 Å². The molecule has 0 aliphatic carbocycles. The van der Waals surface area contributed by atoms with Gasteiger partial charge in [-0.05, 0) is 35.9 Å². The Bertz CT molecular complexity index is 532. The summed E-state index contributed by atoms with van der Waals surface area (Å²) in [6, 6.07) is 12.7. The third-order valence-corrected chi connectivity index (χ3v) is 2.55. The lowest BCUT2D eigenvalue weighted by molar-refractivity contribution is -0.103. The molecule has 0 radical (unpaired) electrons. The molecule has 0 N–H and O–H groups in total. The molecule has 2 nitrogen and oxygen atoms in total. The molecule has 84 valence electrons. The summed E-state index contributed by atoms with van der Waals surface area (Å²) in [6.07, 6.45) is 4.25. The first-order chi connectivity index (χ1) is 8.29. The van der Waals surface area contributed by atoms with Crippen LogP contribution in [0, 0.1) is 0 Å². The second-order valence-electron chi connectivity index (χ2n) is 3.48. The molecule has 1 aromatic heterocycles. The normalized spacial score (nSPS) is 11.2. The van der Waals surface area contributed by atoms with Gasteiger partial charge in [0.05, 0.1) is 5.69 Å². The van der Waals surface area contributed by atoms with Crippen molar-refractivity contribution in [3.05, 3.63) is 64.9 Å². The Morgan fingerprint density at radius 3 is 2.47 bits per heavy atom. The third-order valence-electron chi connectivity index (χ3n) is 2.30. The van der Waals surface area contributed by atoms with Crippen LogP contribution in [-0.2, 0) is 4.79 Å². The molecule has 17 heavy (non-hydrogen) atoms. The first kappa shape index (κ1) is 11.6. The number of halogens is 1. The Labute approximate surface area is 105 Å². The molecule has 3 heteroatoms. The Morgan fingerprint density at radius 2 is 1.88 bits per heavy atom. The maximum absolute atomic E-state index is 11.1. The number of aromatic nitrogens is 1. The first-order valence-corrected chi connectivity index (χ1v) is 5.51. The van der Waals surface area contributed by atoms with Gasteiger partial charge in [0, 0.05) is 16.8 Å². The Balaban J connectivity index is 2.37. The van der Waals surface area contributed by atoms with Gasteiger partial charge in [-0.1, -0.05) is 29.8 Å². The van der Waals surface area contributed by atoms with Gasteiger partial charge in [-0.2, -0.15) is 0 Å². The molecule has 0 fully saturated rings. The number of carbonyl (C=O) groups is 1. The van der Waals surface area contributed by atoms with Crippen molar-refractivity contribution in [3.63, 3.8) is 0 Å². The molecule has 0 atom stereocenters. The number of hydrogen-bond acceptors (Lipinski definition) is 2. The van der Waals surface area contributed by atoms with Crippen LogP contribution in [0.25, 0.3) is 11.6 Å². The third kappa shape index (κ3) is 3.02. The highest BCUT2D eigenvalue weighted by molar-refractivity contribution is 6.30. The van der Waals surface area contributed by atoms with E-state index in [1.54, 1.807) is 24.4 Å². The highest BCUT2D eigenvalue weighted by Crippen LogP contribution is 2.18. The van der Waals surface area contributed by atoms with Gasteiger partial charge in [-0.15, -0.1) is 0 Å². The summed E-state index contributed by atoms with van der Waals surface area (Å²) < 4.78 is 0. The van der Waals surface area contributed by atoms with E-state index in [-0.39, 0.29) is 0 Å². The standard InChI is InChI=1S/C14H10ClNO/c15-13-6-4-11(5-7-13)12(10-17)9-14-3-1-2-8-16-14/h1-10H/b12-9+. The van der Waals surface area contributed by atoms with Crippen LogP contribution < -0.4 is 0 Å². The van der Waals surface area contributed by atoms with Crippen LogP contribution in [0.4, 0.5) is 0 Å². The molecular weight excluding hydrogens is 234 g/mol. The summed E-state index contributed by atoms with van der Waals surface area (Å²) in [5.41, 5.74) is 2.17. The maximum Gasteiger partial charge on any atom is 0.150 e. The molecule has 0 saturated carbocycles. The largest absolute Gasteiger partial charge is 0.298 e. The zero-order chi connectivity index (χ0) is 12.1. The van der Waals surface area contributed by atoms with E-state index < -0.39 is 0 Å². The van der Waals surface area contributed by atoms with Crippen molar-refractivity contribution in [2.45, 2.75) is 0 Å². The maximum atomic E-state index is 11.1. The topological polar surface area (TPSA) is 30.0 Å². The van der Waals surface area contributed by atoms with Crippen LogP contribution >= 0.6 is 11.6 Å². The minimum atomic E-state index is 0.584. The smallest absolute Gasteiger partial charge is 0.150 e. The van der Waals surface area contributed by atoms with Crippen LogP contribution in [0.2, 0.25) is 5.02 Å². The predicted molar refractivity (Wildman–Crippen MR) is 69.6 cm³/mol. The van der Waals surface area contributed by atoms with Crippen LogP contribution in [0.1, 0.15) is 11.3 Å². The fourth-order valence-electron chi connectivity index (χ4n) is 1.45. The lowest BCUT2D eigenvalue weighted by Gasteiger charge is -2.00. The first-order valence-electron chi connectivity index (χ1n) is 5.13. The Morgan fingerprint density at radius 1 is 1.12 bits per heavy atom. The molecular formula is C14H10ClNO. The fraction of sp³-hybridized carbons (Fsp3) is 0. The quantitative estimate of drug-likeness (QED) is 0.610. The second-order valence-corrected chi connectivity index (χ2v) is 3.92. The molecule has 0 aliphatic rings. The zero-order valence-electron chi connectivity index (χ0n) is 9.01. The summed E-state index contributed by atoms with van der Waals surface area (Å²) in [6.45, 7) is 0. The Hall–Kier alpha value is -1.93. The van der Waals surface area contributed by atoms with Crippen molar-refractivity contribution >= 4 is 29.5 Å². The van der Waals surface area contributed by atoms with Gasteiger partial charge in [0.1, 0.15) is 0 Å². The molecule has 1 heterocycles. The summed E-state index contributed by atoms with van der Waals surface area (Å²) in [5.74, 6) is 0. The zero-order valence-corrected chi connectivity index (χ0v) is 9.76. The van der Waals surface area contributed by atoms with Gasteiger partial charge >= 0.3 is 0 Å². The van der Waals surface area contributed by atoms with E-state index in [1.807, 2.05) is 30.3 Å².